The summed E-state index contributed by atoms with van der Waals surface area (Å²) < 4.78 is 0. The van der Waals surface area contributed by atoms with Crippen LogP contribution in [0.2, 0.25) is 5.02 Å². The smallest absolute Gasteiger partial charge is 0.239 e. The van der Waals surface area contributed by atoms with E-state index >= 15 is 0 Å². The fraction of sp³-hybridized carbons (Fsp3) is 0.294. The minimum atomic E-state index is -0.162. The number of nitrogens with one attached hydrogen (secondary N) is 2. The van der Waals surface area contributed by atoms with Crippen molar-refractivity contribution in [3.8, 4) is 0 Å². The number of fused-ring (bicyclic) bond motifs is 1. The molecule has 1 aliphatic carbocycles. The maximum absolute atomic E-state index is 11.9. The summed E-state index contributed by atoms with van der Waals surface area (Å²) in [5, 5.41) is 8.16. The molecular weight excluding hydrogens is 332 g/mol. The van der Waals surface area contributed by atoms with E-state index in [0.717, 1.165) is 28.5 Å². The first kappa shape index (κ1) is 16.1. The monoisotopic (exact) mass is 348 g/mol. The van der Waals surface area contributed by atoms with E-state index in [9.17, 15) is 9.59 Å². The van der Waals surface area contributed by atoms with Crippen LogP contribution in [0.15, 0.2) is 41.3 Å². The standard InChI is InChI=1S/C17H17ClN2O2S/c18-13-5-1-3-11-4-2-6-14(17(11)13)23-10-16(22)19-9-15(21)20-12-7-8-12/h1-6,12H,7-10H2,(H,19,22)(H,20,21). The molecule has 0 saturated heterocycles. The van der Waals surface area contributed by atoms with Crippen LogP contribution >= 0.6 is 23.4 Å². The highest BCUT2D eigenvalue weighted by atomic mass is 35.5. The third kappa shape index (κ3) is 4.39. The van der Waals surface area contributed by atoms with Crippen LogP contribution in [0.5, 0.6) is 0 Å². The van der Waals surface area contributed by atoms with Crippen LogP contribution in [0.25, 0.3) is 10.8 Å². The van der Waals surface area contributed by atoms with Gasteiger partial charge in [-0.2, -0.15) is 0 Å². The maximum atomic E-state index is 11.9. The van der Waals surface area contributed by atoms with Crippen molar-refractivity contribution in [3.05, 3.63) is 41.4 Å². The Morgan fingerprint density at radius 1 is 1.13 bits per heavy atom. The quantitative estimate of drug-likeness (QED) is 0.789. The molecular formula is C17H17ClN2O2S. The van der Waals surface area contributed by atoms with E-state index in [4.69, 9.17) is 11.6 Å². The largest absolute Gasteiger partial charge is 0.352 e. The van der Waals surface area contributed by atoms with Gasteiger partial charge in [0.25, 0.3) is 0 Å². The molecule has 2 amide bonds. The fourth-order valence-corrected chi connectivity index (χ4v) is 3.54. The summed E-state index contributed by atoms with van der Waals surface area (Å²) in [6.07, 6.45) is 2.08. The molecule has 0 bridgehead atoms. The van der Waals surface area contributed by atoms with Crippen LogP contribution in [0, 0.1) is 0 Å². The van der Waals surface area contributed by atoms with Gasteiger partial charge in [-0.1, -0.05) is 35.9 Å². The number of halogens is 1. The van der Waals surface area contributed by atoms with Gasteiger partial charge in [-0.05, 0) is 30.4 Å². The average Bonchev–Trinajstić information content (AvgIpc) is 3.35. The Balaban J connectivity index is 1.55. The molecule has 1 fully saturated rings. The number of benzene rings is 2. The van der Waals surface area contributed by atoms with Gasteiger partial charge in [-0.3, -0.25) is 9.59 Å². The second kappa shape index (κ2) is 7.23. The van der Waals surface area contributed by atoms with E-state index in [2.05, 4.69) is 10.6 Å². The molecule has 1 aliphatic rings. The number of carbonyl (C=O) groups excluding carboxylic acids is 2. The van der Waals surface area contributed by atoms with Crippen LogP contribution in [-0.2, 0) is 9.59 Å². The first-order valence-electron chi connectivity index (χ1n) is 7.49. The number of hydrogen-bond acceptors (Lipinski definition) is 3. The lowest BCUT2D eigenvalue weighted by atomic mass is 10.1. The van der Waals surface area contributed by atoms with Crippen LogP contribution in [0.3, 0.4) is 0 Å². The van der Waals surface area contributed by atoms with Gasteiger partial charge >= 0.3 is 0 Å². The van der Waals surface area contributed by atoms with Gasteiger partial charge in [0, 0.05) is 21.3 Å². The lowest BCUT2D eigenvalue weighted by Crippen LogP contribution is -2.38. The number of thioether (sulfide) groups is 1. The molecule has 0 aliphatic heterocycles. The Kier molecular flexibility index (Phi) is 5.08. The van der Waals surface area contributed by atoms with Crippen molar-refractivity contribution in [3.63, 3.8) is 0 Å². The van der Waals surface area contributed by atoms with Gasteiger partial charge < -0.3 is 10.6 Å². The van der Waals surface area contributed by atoms with E-state index < -0.39 is 0 Å². The van der Waals surface area contributed by atoms with Gasteiger partial charge in [-0.15, -0.1) is 11.8 Å². The van der Waals surface area contributed by atoms with Crippen molar-refractivity contribution in [2.24, 2.45) is 0 Å². The van der Waals surface area contributed by atoms with E-state index in [1.165, 1.54) is 11.8 Å². The van der Waals surface area contributed by atoms with Gasteiger partial charge in [0.2, 0.25) is 11.8 Å². The number of hydrogen-bond donors (Lipinski definition) is 2. The van der Waals surface area contributed by atoms with Gasteiger partial charge in [-0.25, -0.2) is 0 Å². The van der Waals surface area contributed by atoms with E-state index in [1.54, 1.807) is 0 Å². The summed E-state index contributed by atoms with van der Waals surface area (Å²) in [6, 6.07) is 11.9. The van der Waals surface area contributed by atoms with Crippen molar-refractivity contribution < 1.29 is 9.59 Å². The first-order chi connectivity index (χ1) is 11.1. The number of amides is 2. The second-order valence-corrected chi connectivity index (χ2v) is 6.93. The predicted molar refractivity (Wildman–Crippen MR) is 93.9 cm³/mol. The summed E-state index contributed by atoms with van der Waals surface area (Å²) in [7, 11) is 0. The Labute approximate surface area is 144 Å². The summed E-state index contributed by atoms with van der Waals surface area (Å²) in [6.45, 7) is 0.0339. The van der Waals surface area contributed by atoms with Crippen molar-refractivity contribution in [1.82, 2.24) is 10.6 Å². The lowest BCUT2D eigenvalue weighted by Gasteiger charge is -2.09. The van der Waals surface area contributed by atoms with E-state index in [0.29, 0.717) is 11.1 Å². The minimum Gasteiger partial charge on any atom is -0.352 e. The lowest BCUT2D eigenvalue weighted by molar-refractivity contribution is -0.124. The van der Waals surface area contributed by atoms with Gasteiger partial charge in [0.05, 0.1) is 12.3 Å². The molecule has 4 nitrogen and oxygen atoms in total. The highest BCUT2D eigenvalue weighted by Crippen LogP contribution is 2.32. The second-order valence-electron chi connectivity index (χ2n) is 5.50. The van der Waals surface area contributed by atoms with Crippen LogP contribution in [0.1, 0.15) is 12.8 Å². The first-order valence-corrected chi connectivity index (χ1v) is 8.86. The molecule has 1 saturated carbocycles. The molecule has 0 heterocycles. The Bertz CT molecular complexity index is 741. The summed E-state index contributed by atoms with van der Waals surface area (Å²) in [5.74, 6) is -0.0369. The third-order valence-electron chi connectivity index (χ3n) is 3.56. The number of rotatable bonds is 6. The van der Waals surface area contributed by atoms with Gasteiger partial charge in [0.15, 0.2) is 0 Å². The molecule has 0 aromatic heterocycles. The van der Waals surface area contributed by atoms with Crippen molar-refractivity contribution in [2.45, 2.75) is 23.8 Å². The van der Waals surface area contributed by atoms with Crippen LogP contribution in [0.4, 0.5) is 0 Å². The van der Waals surface area contributed by atoms with Crippen LogP contribution < -0.4 is 10.6 Å². The Hall–Kier alpha value is -1.72. The molecule has 23 heavy (non-hydrogen) atoms. The van der Waals surface area contributed by atoms with Crippen molar-refractivity contribution in [1.29, 1.82) is 0 Å². The van der Waals surface area contributed by atoms with Gasteiger partial charge in [0.1, 0.15) is 0 Å². The molecule has 2 aromatic rings. The van der Waals surface area contributed by atoms with Crippen molar-refractivity contribution >= 4 is 45.9 Å². The zero-order chi connectivity index (χ0) is 16.2. The Morgan fingerprint density at radius 2 is 1.87 bits per heavy atom. The van der Waals surface area contributed by atoms with Crippen molar-refractivity contribution in [2.75, 3.05) is 12.3 Å². The maximum Gasteiger partial charge on any atom is 0.239 e. The van der Waals surface area contributed by atoms with E-state index in [1.807, 2.05) is 36.4 Å². The molecule has 6 heteroatoms. The minimum absolute atomic E-state index is 0.0339. The molecule has 0 unspecified atom stereocenters. The predicted octanol–water partition coefficient (Wildman–Crippen LogP) is 2.98. The van der Waals surface area contributed by atoms with E-state index in [-0.39, 0.29) is 24.1 Å². The molecule has 0 spiro atoms. The summed E-state index contributed by atoms with van der Waals surface area (Å²) in [5.41, 5.74) is 0. The fourth-order valence-electron chi connectivity index (χ4n) is 2.26. The molecule has 0 radical (unpaired) electrons. The normalized spacial score (nSPS) is 13.8. The highest BCUT2D eigenvalue weighted by molar-refractivity contribution is 8.00. The zero-order valence-electron chi connectivity index (χ0n) is 12.5. The molecule has 0 atom stereocenters. The zero-order valence-corrected chi connectivity index (χ0v) is 14.0. The molecule has 2 N–H and O–H groups in total. The topological polar surface area (TPSA) is 58.2 Å². The summed E-state index contributed by atoms with van der Waals surface area (Å²) in [4.78, 5) is 24.4. The summed E-state index contributed by atoms with van der Waals surface area (Å²) >= 11 is 7.69. The highest BCUT2D eigenvalue weighted by Gasteiger charge is 2.23. The molecule has 2 aromatic carbocycles. The Morgan fingerprint density at radius 3 is 2.61 bits per heavy atom. The SMILES string of the molecule is O=C(CSc1cccc2cccc(Cl)c12)NCC(=O)NC1CC1. The van der Waals surface area contributed by atoms with Crippen LogP contribution in [-0.4, -0.2) is 30.2 Å². The number of carbonyl (C=O) groups is 2. The molecule has 120 valence electrons. The third-order valence-corrected chi connectivity index (χ3v) is 4.94. The molecule has 3 rings (SSSR count). The average molecular weight is 349 g/mol.